The summed E-state index contributed by atoms with van der Waals surface area (Å²) in [6.07, 6.45) is 9.03. The predicted octanol–water partition coefficient (Wildman–Crippen LogP) is 2.93. The van der Waals surface area contributed by atoms with Gasteiger partial charge in [-0.3, -0.25) is 5.32 Å². The number of nitrogens with one attached hydrogen (secondary N) is 1. The lowest BCUT2D eigenvalue weighted by Crippen LogP contribution is -2.60. The quantitative estimate of drug-likeness (QED) is 0.740. The Labute approximate surface area is 99.1 Å². The molecule has 1 atom stereocenters. The first-order valence-electron chi connectivity index (χ1n) is 7.08. The Morgan fingerprint density at radius 2 is 1.62 bits per heavy atom. The Balaban J connectivity index is 1.68. The second-order valence-corrected chi connectivity index (χ2v) is 6.44. The third-order valence-electron chi connectivity index (χ3n) is 4.96. The molecule has 0 aliphatic heterocycles. The van der Waals surface area contributed by atoms with Crippen LogP contribution >= 0.6 is 0 Å². The number of hydrogen-bond donors (Lipinski definition) is 1. The second-order valence-electron chi connectivity index (χ2n) is 6.44. The van der Waals surface area contributed by atoms with E-state index in [2.05, 4.69) is 19.2 Å². The normalized spacial score (nSPS) is 47.2. The van der Waals surface area contributed by atoms with Crippen LogP contribution in [0.15, 0.2) is 0 Å². The Hall–Kier alpha value is -0.0800. The molecule has 2 heteroatoms. The average Bonchev–Trinajstić information content (AvgIpc) is 2.13. The predicted molar refractivity (Wildman–Crippen MR) is 65.1 cm³/mol. The van der Waals surface area contributed by atoms with Gasteiger partial charge in [-0.2, -0.15) is 0 Å². The molecule has 0 saturated heterocycles. The van der Waals surface area contributed by atoms with Gasteiger partial charge in [-0.1, -0.05) is 0 Å². The summed E-state index contributed by atoms with van der Waals surface area (Å²) in [6.45, 7) is 5.07. The molecule has 0 spiro atoms. The standard InChI is InChI=1S/C14H25NO/c1-3-16-10(2)15-14-7-11-4-12(8-14)6-13(5-11)9-14/h10-13,15H,3-9H2,1-2H3. The van der Waals surface area contributed by atoms with Gasteiger partial charge in [0, 0.05) is 12.1 Å². The molecule has 4 aliphatic rings. The van der Waals surface area contributed by atoms with Crippen LogP contribution in [0.2, 0.25) is 0 Å². The van der Waals surface area contributed by atoms with Crippen LogP contribution in [-0.2, 0) is 4.74 Å². The second kappa shape index (κ2) is 3.99. The number of rotatable bonds is 4. The zero-order chi connectivity index (χ0) is 11.2. The van der Waals surface area contributed by atoms with Crippen LogP contribution in [-0.4, -0.2) is 18.4 Å². The molecule has 0 aromatic rings. The highest BCUT2D eigenvalue weighted by molar-refractivity contribution is 5.06. The summed E-state index contributed by atoms with van der Waals surface area (Å²) in [6, 6.07) is 0. The fraction of sp³-hybridized carbons (Fsp3) is 1.00. The summed E-state index contributed by atoms with van der Waals surface area (Å²) in [7, 11) is 0. The van der Waals surface area contributed by atoms with Gasteiger partial charge in [0.1, 0.15) is 6.23 Å². The molecule has 4 bridgehead atoms. The molecule has 0 amide bonds. The van der Waals surface area contributed by atoms with Crippen molar-refractivity contribution in [2.75, 3.05) is 6.61 Å². The highest BCUT2D eigenvalue weighted by atomic mass is 16.5. The SMILES string of the molecule is CCOC(C)NC12CC3CC(CC(C3)C1)C2. The van der Waals surface area contributed by atoms with Gasteiger partial charge in [0.2, 0.25) is 0 Å². The molecule has 0 heterocycles. The van der Waals surface area contributed by atoms with Crippen molar-refractivity contribution < 1.29 is 4.74 Å². The lowest BCUT2D eigenvalue weighted by Gasteiger charge is -2.57. The molecule has 0 aromatic carbocycles. The Morgan fingerprint density at radius 3 is 2.06 bits per heavy atom. The van der Waals surface area contributed by atoms with E-state index in [1.807, 2.05) is 0 Å². The van der Waals surface area contributed by atoms with Gasteiger partial charge < -0.3 is 4.74 Å². The van der Waals surface area contributed by atoms with E-state index < -0.39 is 0 Å². The van der Waals surface area contributed by atoms with Crippen LogP contribution in [0.4, 0.5) is 0 Å². The summed E-state index contributed by atoms with van der Waals surface area (Å²) >= 11 is 0. The monoisotopic (exact) mass is 223 g/mol. The maximum atomic E-state index is 5.67. The van der Waals surface area contributed by atoms with Crippen molar-refractivity contribution in [3.8, 4) is 0 Å². The average molecular weight is 223 g/mol. The Morgan fingerprint density at radius 1 is 1.12 bits per heavy atom. The van der Waals surface area contributed by atoms with Crippen molar-refractivity contribution in [1.82, 2.24) is 5.32 Å². The van der Waals surface area contributed by atoms with Crippen LogP contribution in [0.25, 0.3) is 0 Å². The van der Waals surface area contributed by atoms with E-state index in [1.54, 1.807) is 0 Å². The van der Waals surface area contributed by atoms with E-state index in [0.717, 1.165) is 24.4 Å². The van der Waals surface area contributed by atoms with Gasteiger partial charge in [0.15, 0.2) is 0 Å². The summed E-state index contributed by atoms with van der Waals surface area (Å²) in [5, 5.41) is 3.80. The zero-order valence-electron chi connectivity index (χ0n) is 10.7. The van der Waals surface area contributed by atoms with E-state index in [-0.39, 0.29) is 6.23 Å². The van der Waals surface area contributed by atoms with Gasteiger partial charge in [-0.05, 0) is 70.1 Å². The van der Waals surface area contributed by atoms with Gasteiger partial charge in [-0.25, -0.2) is 0 Å². The first-order chi connectivity index (χ1) is 7.69. The summed E-state index contributed by atoms with van der Waals surface area (Å²) in [5.74, 6) is 3.06. The zero-order valence-corrected chi connectivity index (χ0v) is 10.7. The first kappa shape index (κ1) is 11.0. The number of ether oxygens (including phenoxy) is 1. The van der Waals surface area contributed by atoms with Gasteiger partial charge in [0.05, 0.1) is 0 Å². The minimum Gasteiger partial charge on any atom is -0.364 e. The Kier molecular flexibility index (Phi) is 2.75. The Bertz CT molecular complexity index is 228. The van der Waals surface area contributed by atoms with Crippen molar-refractivity contribution in [3.05, 3.63) is 0 Å². The molecule has 2 nitrogen and oxygen atoms in total. The minimum atomic E-state index is 0.237. The highest BCUT2D eigenvalue weighted by Crippen LogP contribution is 2.55. The molecule has 4 fully saturated rings. The molecule has 4 aliphatic carbocycles. The maximum Gasteiger partial charge on any atom is 0.105 e. The lowest BCUT2D eigenvalue weighted by molar-refractivity contribution is -0.0598. The molecule has 1 unspecified atom stereocenters. The van der Waals surface area contributed by atoms with Crippen LogP contribution in [0.1, 0.15) is 52.4 Å². The maximum absolute atomic E-state index is 5.67. The van der Waals surface area contributed by atoms with Gasteiger partial charge in [-0.15, -0.1) is 0 Å². The van der Waals surface area contributed by atoms with Crippen molar-refractivity contribution in [3.63, 3.8) is 0 Å². The first-order valence-corrected chi connectivity index (χ1v) is 7.08. The van der Waals surface area contributed by atoms with Crippen LogP contribution in [0.3, 0.4) is 0 Å². The van der Waals surface area contributed by atoms with E-state index in [9.17, 15) is 0 Å². The minimum absolute atomic E-state index is 0.237. The largest absolute Gasteiger partial charge is 0.364 e. The molecule has 0 aromatic heterocycles. The van der Waals surface area contributed by atoms with Crippen molar-refractivity contribution in [2.24, 2.45) is 17.8 Å². The molecule has 4 rings (SSSR count). The van der Waals surface area contributed by atoms with Crippen molar-refractivity contribution in [2.45, 2.75) is 64.1 Å². The topological polar surface area (TPSA) is 21.3 Å². The summed E-state index contributed by atoms with van der Waals surface area (Å²) in [4.78, 5) is 0. The molecule has 16 heavy (non-hydrogen) atoms. The van der Waals surface area contributed by atoms with E-state index in [0.29, 0.717) is 5.54 Å². The summed E-state index contributed by atoms with van der Waals surface area (Å²) in [5.41, 5.74) is 0.448. The fourth-order valence-electron chi connectivity index (χ4n) is 5.01. The molecular weight excluding hydrogens is 198 g/mol. The van der Waals surface area contributed by atoms with Crippen LogP contribution in [0, 0.1) is 17.8 Å². The van der Waals surface area contributed by atoms with Gasteiger partial charge >= 0.3 is 0 Å². The number of hydrogen-bond acceptors (Lipinski definition) is 2. The van der Waals surface area contributed by atoms with Crippen LogP contribution in [0.5, 0.6) is 0 Å². The third kappa shape index (κ3) is 1.91. The van der Waals surface area contributed by atoms with E-state index in [4.69, 9.17) is 4.74 Å². The smallest absolute Gasteiger partial charge is 0.105 e. The van der Waals surface area contributed by atoms with Crippen molar-refractivity contribution >= 4 is 0 Å². The summed E-state index contributed by atoms with van der Waals surface area (Å²) < 4.78 is 5.67. The molecule has 1 N–H and O–H groups in total. The van der Waals surface area contributed by atoms with Gasteiger partial charge in [0.25, 0.3) is 0 Å². The fourth-order valence-corrected chi connectivity index (χ4v) is 5.01. The third-order valence-corrected chi connectivity index (χ3v) is 4.96. The molecule has 0 radical (unpaired) electrons. The lowest BCUT2D eigenvalue weighted by atomic mass is 9.53. The highest BCUT2D eigenvalue weighted by Gasteiger charge is 2.51. The molecule has 4 saturated carbocycles. The van der Waals surface area contributed by atoms with E-state index >= 15 is 0 Å². The van der Waals surface area contributed by atoms with E-state index in [1.165, 1.54) is 38.5 Å². The van der Waals surface area contributed by atoms with Crippen LogP contribution < -0.4 is 5.32 Å². The molecular formula is C14H25NO. The molecule has 92 valence electrons. The van der Waals surface area contributed by atoms with Crippen molar-refractivity contribution in [1.29, 1.82) is 0 Å².